The summed E-state index contributed by atoms with van der Waals surface area (Å²) in [5.74, 6) is 0.255. The van der Waals surface area contributed by atoms with Crippen LogP contribution in [0, 0.1) is 6.92 Å². The number of anilines is 1. The summed E-state index contributed by atoms with van der Waals surface area (Å²) < 4.78 is 4.96. The van der Waals surface area contributed by atoms with E-state index in [9.17, 15) is 9.59 Å². The first kappa shape index (κ1) is 17.5. The minimum Gasteiger partial charge on any atom is -0.462 e. The summed E-state index contributed by atoms with van der Waals surface area (Å²) in [6.07, 6.45) is 2.03. The van der Waals surface area contributed by atoms with Crippen LogP contribution in [0.3, 0.4) is 0 Å². The smallest absolute Gasteiger partial charge is 0.350 e. The monoisotopic (exact) mass is 350 g/mol. The third-order valence-electron chi connectivity index (χ3n) is 3.01. The molecule has 0 bridgehead atoms. The van der Waals surface area contributed by atoms with Gasteiger partial charge in [-0.2, -0.15) is 11.8 Å². The van der Waals surface area contributed by atoms with E-state index in [1.165, 1.54) is 5.56 Å². The number of carbonyl (C=O) groups is 2. The fourth-order valence-electron chi connectivity index (χ4n) is 1.92. The van der Waals surface area contributed by atoms with Crippen molar-refractivity contribution in [1.29, 1.82) is 0 Å². The van der Waals surface area contributed by atoms with Crippen LogP contribution in [-0.4, -0.2) is 29.7 Å². The molecular weight excluding hydrogens is 332 g/mol. The van der Waals surface area contributed by atoms with Crippen LogP contribution < -0.4 is 5.32 Å². The Bertz CT molecular complexity index is 696. The summed E-state index contributed by atoms with van der Waals surface area (Å²) in [6.45, 7) is 3.77. The molecule has 2 rings (SSSR count). The van der Waals surface area contributed by atoms with Gasteiger partial charge in [-0.15, -0.1) is 0 Å². The fourth-order valence-corrected chi connectivity index (χ4v) is 3.31. The number of thioether (sulfide) groups is 1. The SMILES string of the molecule is CCOC(=O)c1sc(NC(=O)c2ccc(CSC)cc2)nc1C. The van der Waals surface area contributed by atoms with Crippen molar-refractivity contribution in [1.82, 2.24) is 4.98 Å². The van der Waals surface area contributed by atoms with Crippen LogP contribution in [0.4, 0.5) is 5.13 Å². The van der Waals surface area contributed by atoms with E-state index in [1.54, 1.807) is 37.7 Å². The third kappa shape index (κ3) is 4.56. The number of esters is 1. The average molecular weight is 350 g/mol. The second-order valence-electron chi connectivity index (χ2n) is 4.74. The normalized spacial score (nSPS) is 10.4. The van der Waals surface area contributed by atoms with Crippen molar-refractivity contribution in [2.45, 2.75) is 19.6 Å². The van der Waals surface area contributed by atoms with E-state index in [-0.39, 0.29) is 5.91 Å². The number of aromatic nitrogens is 1. The topological polar surface area (TPSA) is 68.3 Å². The van der Waals surface area contributed by atoms with Crippen LogP contribution in [0.25, 0.3) is 0 Å². The van der Waals surface area contributed by atoms with Crippen LogP contribution in [0.15, 0.2) is 24.3 Å². The van der Waals surface area contributed by atoms with E-state index in [4.69, 9.17) is 4.74 Å². The molecule has 0 fully saturated rings. The maximum Gasteiger partial charge on any atom is 0.350 e. The second kappa shape index (κ2) is 8.12. The predicted octanol–water partition coefficient (Wildman–Crippen LogP) is 3.74. The van der Waals surface area contributed by atoms with Gasteiger partial charge in [0, 0.05) is 11.3 Å². The molecule has 1 N–H and O–H groups in total. The molecule has 0 saturated carbocycles. The standard InChI is InChI=1S/C16H18N2O3S2/c1-4-21-15(20)13-10(2)17-16(23-13)18-14(19)12-7-5-11(6-8-12)9-22-3/h5-8H,4,9H2,1-3H3,(H,17,18,19). The first-order valence-electron chi connectivity index (χ1n) is 7.09. The molecular formula is C16H18N2O3S2. The average Bonchev–Trinajstić information content (AvgIpc) is 2.89. The molecule has 0 radical (unpaired) electrons. The van der Waals surface area contributed by atoms with Crippen molar-refractivity contribution < 1.29 is 14.3 Å². The van der Waals surface area contributed by atoms with Crippen molar-refractivity contribution in [3.63, 3.8) is 0 Å². The van der Waals surface area contributed by atoms with Gasteiger partial charge < -0.3 is 4.74 Å². The lowest BCUT2D eigenvalue weighted by Gasteiger charge is -2.03. The van der Waals surface area contributed by atoms with Crippen molar-refractivity contribution in [3.8, 4) is 0 Å². The quantitative estimate of drug-likeness (QED) is 0.804. The Balaban J connectivity index is 2.08. The van der Waals surface area contributed by atoms with Crippen molar-refractivity contribution in [3.05, 3.63) is 46.0 Å². The molecule has 0 unspecified atom stereocenters. The molecule has 0 saturated heterocycles. The molecule has 1 aromatic carbocycles. The molecule has 23 heavy (non-hydrogen) atoms. The van der Waals surface area contributed by atoms with Gasteiger partial charge in [0.05, 0.1) is 12.3 Å². The molecule has 0 atom stereocenters. The van der Waals surface area contributed by atoms with Gasteiger partial charge in [0.25, 0.3) is 5.91 Å². The predicted molar refractivity (Wildman–Crippen MR) is 94.4 cm³/mol. The van der Waals surface area contributed by atoms with E-state index in [2.05, 4.69) is 10.3 Å². The molecule has 0 aliphatic carbocycles. The summed E-state index contributed by atoms with van der Waals surface area (Å²) in [5.41, 5.74) is 2.28. The minimum absolute atomic E-state index is 0.245. The molecule has 0 aliphatic rings. The van der Waals surface area contributed by atoms with Crippen molar-refractivity contribution >= 4 is 40.1 Å². The highest BCUT2D eigenvalue weighted by atomic mass is 32.2. The molecule has 5 nitrogen and oxygen atoms in total. The van der Waals surface area contributed by atoms with Crippen LogP contribution in [0.1, 0.15) is 38.2 Å². The summed E-state index contributed by atoms with van der Waals surface area (Å²) in [7, 11) is 0. The zero-order valence-electron chi connectivity index (χ0n) is 13.2. The van der Waals surface area contributed by atoms with Gasteiger partial charge in [-0.1, -0.05) is 23.5 Å². The van der Waals surface area contributed by atoms with Gasteiger partial charge in [0.15, 0.2) is 5.13 Å². The van der Waals surface area contributed by atoms with Crippen LogP contribution in [0.5, 0.6) is 0 Å². The molecule has 0 aliphatic heterocycles. The number of nitrogens with one attached hydrogen (secondary N) is 1. The Labute approximate surface area is 143 Å². The maximum atomic E-state index is 12.2. The fraction of sp³-hybridized carbons (Fsp3) is 0.312. The van der Waals surface area contributed by atoms with Gasteiger partial charge in [-0.05, 0) is 37.8 Å². The number of nitrogens with zero attached hydrogens (tertiary/aromatic N) is 1. The number of aryl methyl sites for hydroxylation is 1. The number of benzene rings is 1. The van der Waals surface area contributed by atoms with Crippen LogP contribution >= 0.6 is 23.1 Å². The van der Waals surface area contributed by atoms with Gasteiger partial charge in [0.1, 0.15) is 4.88 Å². The molecule has 122 valence electrons. The summed E-state index contributed by atoms with van der Waals surface area (Å²) in [6, 6.07) is 7.44. The minimum atomic E-state index is -0.413. The lowest BCUT2D eigenvalue weighted by Crippen LogP contribution is -2.11. The number of hydrogen-bond acceptors (Lipinski definition) is 6. The molecule has 0 spiro atoms. The Morgan fingerprint density at radius 3 is 2.61 bits per heavy atom. The van der Waals surface area contributed by atoms with Crippen molar-refractivity contribution in [2.75, 3.05) is 18.2 Å². The second-order valence-corrected chi connectivity index (χ2v) is 6.60. The summed E-state index contributed by atoms with van der Waals surface area (Å²) >= 11 is 2.85. The van der Waals surface area contributed by atoms with Gasteiger partial charge in [-0.3, -0.25) is 10.1 Å². The number of rotatable bonds is 6. The zero-order chi connectivity index (χ0) is 16.8. The number of ether oxygens (including phenoxy) is 1. The van der Waals surface area contributed by atoms with Crippen LogP contribution in [-0.2, 0) is 10.5 Å². The molecule has 2 aromatic rings. The Morgan fingerprint density at radius 2 is 2.00 bits per heavy atom. The first-order chi connectivity index (χ1) is 11.0. The Hall–Kier alpha value is -1.86. The van der Waals surface area contributed by atoms with Gasteiger partial charge >= 0.3 is 5.97 Å². The highest BCUT2D eigenvalue weighted by Crippen LogP contribution is 2.24. The Kier molecular flexibility index (Phi) is 6.18. The van der Waals surface area contributed by atoms with E-state index >= 15 is 0 Å². The largest absolute Gasteiger partial charge is 0.462 e. The lowest BCUT2D eigenvalue weighted by atomic mass is 10.1. The summed E-state index contributed by atoms with van der Waals surface area (Å²) in [4.78, 5) is 28.6. The third-order valence-corrected chi connectivity index (χ3v) is 4.68. The van der Waals surface area contributed by atoms with Gasteiger partial charge in [0.2, 0.25) is 0 Å². The van der Waals surface area contributed by atoms with E-state index in [0.29, 0.717) is 27.9 Å². The first-order valence-corrected chi connectivity index (χ1v) is 9.30. The highest BCUT2D eigenvalue weighted by Gasteiger charge is 2.17. The van der Waals surface area contributed by atoms with E-state index in [1.807, 2.05) is 18.4 Å². The highest BCUT2D eigenvalue weighted by molar-refractivity contribution is 7.97. The summed E-state index contributed by atoms with van der Waals surface area (Å²) in [5, 5.41) is 3.12. The number of thiazole rings is 1. The van der Waals surface area contributed by atoms with Gasteiger partial charge in [-0.25, -0.2) is 9.78 Å². The van der Waals surface area contributed by atoms with E-state index in [0.717, 1.165) is 17.1 Å². The molecule has 7 heteroatoms. The zero-order valence-corrected chi connectivity index (χ0v) is 14.8. The lowest BCUT2D eigenvalue weighted by molar-refractivity contribution is 0.0531. The van der Waals surface area contributed by atoms with Crippen molar-refractivity contribution in [2.24, 2.45) is 0 Å². The number of hydrogen-bond donors (Lipinski definition) is 1. The number of carbonyl (C=O) groups excluding carboxylic acids is 2. The molecule has 1 heterocycles. The number of amides is 1. The molecule has 1 aromatic heterocycles. The maximum absolute atomic E-state index is 12.2. The van der Waals surface area contributed by atoms with E-state index < -0.39 is 5.97 Å². The molecule has 1 amide bonds. The Morgan fingerprint density at radius 1 is 1.30 bits per heavy atom. The van der Waals surface area contributed by atoms with Crippen LogP contribution in [0.2, 0.25) is 0 Å².